The molecule has 2 atom stereocenters. The molecule has 2 aromatic carbocycles. The van der Waals surface area contributed by atoms with Crippen molar-refractivity contribution in [1.82, 2.24) is 0 Å². The average molecular weight is 458 g/mol. The zero-order valence-electron chi connectivity index (χ0n) is 16.0. The quantitative estimate of drug-likeness (QED) is 0.484. The molecule has 1 unspecified atom stereocenters. The molecule has 1 saturated carbocycles. The van der Waals surface area contributed by atoms with Gasteiger partial charge in [-0.3, -0.25) is 4.79 Å². The standard InChI is InChI=1S/C21H19ClF3NO3S/c1-11-3-4-12(2)15(11)10-30(28,29)19-7-13(5-6-16(19)22)21(27)26-14-8-17(23)20(25)18(24)9-14/h5-9,12,15H,1,3-4,10H2,2H3,(H,26,27)/t12?,15-/m0/s1. The molecule has 160 valence electrons. The smallest absolute Gasteiger partial charge is 0.255 e. The second kappa shape index (κ2) is 8.43. The predicted molar refractivity (Wildman–Crippen MR) is 109 cm³/mol. The summed E-state index contributed by atoms with van der Waals surface area (Å²) in [6.07, 6.45) is 1.63. The Labute approximate surface area is 177 Å². The lowest BCUT2D eigenvalue weighted by Crippen LogP contribution is -2.20. The maximum Gasteiger partial charge on any atom is 0.255 e. The van der Waals surface area contributed by atoms with E-state index < -0.39 is 33.2 Å². The minimum atomic E-state index is -3.83. The number of benzene rings is 2. The summed E-state index contributed by atoms with van der Waals surface area (Å²) in [6.45, 7) is 5.91. The number of hydrogen-bond acceptors (Lipinski definition) is 3. The van der Waals surface area contributed by atoms with Gasteiger partial charge in [0.15, 0.2) is 27.3 Å². The van der Waals surface area contributed by atoms with Crippen LogP contribution < -0.4 is 5.32 Å². The fraction of sp³-hybridized carbons (Fsp3) is 0.286. The summed E-state index contributed by atoms with van der Waals surface area (Å²) in [6, 6.07) is 4.91. The van der Waals surface area contributed by atoms with Gasteiger partial charge in [0.05, 0.1) is 15.7 Å². The molecule has 2 aromatic rings. The summed E-state index contributed by atoms with van der Waals surface area (Å²) in [4.78, 5) is 12.3. The van der Waals surface area contributed by atoms with E-state index in [1.165, 1.54) is 12.1 Å². The van der Waals surface area contributed by atoms with Gasteiger partial charge in [0.25, 0.3) is 5.91 Å². The van der Waals surface area contributed by atoms with Crippen LogP contribution in [0, 0.1) is 29.3 Å². The van der Waals surface area contributed by atoms with Crippen molar-refractivity contribution in [2.24, 2.45) is 11.8 Å². The van der Waals surface area contributed by atoms with Gasteiger partial charge in [0.1, 0.15) is 0 Å². The van der Waals surface area contributed by atoms with Crippen molar-refractivity contribution in [1.29, 1.82) is 0 Å². The van der Waals surface area contributed by atoms with Crippen molar-refractivity contribution in [3.05, 3.63) is 70.5 Å². The second-order valence-corrected chi connectivity index (χ2v) is 9.83. The Morgan fingerprint density at radius 3 is 2.40 bits per heavy atom. The van der Waals surface area contributed by atoms with E-state index in [-0.39, 0.29) is 38.8 Å². The molecule has 0 saturated heterocycles. The van der Waals surface area contributed by atoms with Gasteiger partial charge in [-0.1, -0.05) is 30.7 Å². The lowest BCUT2D eigenvalue weighted by Gasteiger charge is -2.17. The first-order valence-electron chi connectivity index (χ1n) is 9.15. The molecule has 9 heteroatoms. The number of carbonyl (C=O) groups is 1. The molecular weight excluding hydrogens is 439 g/mol. The van der Waals surface area contributed by atoms with Crippen LogP contribution in [0.1, 0.15) is 30.1 Å². The van der Waals surface area contributed by atoms with Crippen molar-refractivity contribution in [2.45, 2.75) is 24.7 Å². The first-order valence-corrected chi connectivity index (χ1v) is 11.2. The van der Waals surface area contributed by atoms with E-state index in [2.05, 4.69) is 11.9 Å². The van der Waals surface area contributed by atoms with Crippen LogP contribution >= 0.6 is 11.6 Å². The molecule has 1 amide bonds. The molecule has 1 aliphatic rings. The van der Waals surface area contributed by atoms with Crippen LogP contribution in [-0.2, 0) is 9.84 Å². The maximum absolute atomic E-state index is 13.4. The molecule has 0 aromatic heterocycles. The first-order chi connectivity index (χ1) is 14.0. The van der Waals surface area contributed by atoms with Crippen LogP contribution in [0.15, 0.2) is 47.4 Å². The highest BCUT2D eigenvalue weighted by Gasteiger charge is 2.33. The normalized spacial score (nSPS) is 19.2. The summed E-state index contributed by atoms with van der Waals surface area (Å²) < 4.78 is 65.7. The summed E-state index contributed by atoms with van der Waals surface area (Å²) in [7, 11) is -3.83. The molecule has 0 heterocycles. The Balaban J connectivity index is 1.87. The van der Waals surface area contributed by atoms with Crippen LogP contribution in [0.2, 0.25) is 5.02 Å². The SMILES string of the molecule is C=C1CCC(C)[C@H]1CS(=O)(=O)c1cc(C(=O)Nc2cc(F)c(F)c(F)c2)ccc1Cl. The summed E-state index contributed by atoms with van der Waals surface area (Å²) in [5.74, 6) is -5.62. The van der Waals surface area contributed by atoms with Gasteiger partial charge < -0.3 is 5.32 Å². The van der Waals surface area contributed by atoms with E-state index in [0.717, 1.165) is 24.5 Å². The van der Waals surface area contributed by atoms with Crippen LogP contribution in [0.3, 0.4) is 0 Å². The first kappa shape index (κ1) is 22.4. The minimum Gasteiger partial charge on any atom is -0.322 e. The maximum atomic E-state index is 13.4. The van der Waals surface area contributed by atoms with Crippen LogP contribution in [0.4, 0.5) is 18.9 Å². The second-order valence-electron chi connectivity index (χ2n) is 7.42. The minimum absolute atomic E-state index is 0.0401. The van der Waals surface area contributed by atoms with E-state index in [0.29, 0.717) is 12.1 Å². The van der Waals surface area contributed by atoms with Gasteiger partial charge in [-0.15, -0.1) is 0 Å². The van der Waals surface area contributed by atoms with E-state index in [9.17, 15) is 26.4 Å². The van der Waals surface area contributed by atoms with Crippen molar-refractivity contribution >= 4 is 33.0 Å². The molecule has 30 heavy (non-hydrogen) atoms. The molecule has 1 N–H and O–H groups in total. The van der Waals surface area contributed by atoms with Crippen LogP contribution in [-0.4, -0.2) is 20.1 Å². The molecule has 0 bridgehead atoms. The Hall–Kier alpha value is -2.32. The highest BCUT2D eigenvalue weighted by molar-refractivity contribution is 7.91. The highest BCUT2D eigenvalue weighted by Crippen LogP contribution is 2.38. The molecule has 1 fully saturated rings. The fourth-order valence-corrected chi connectivity index (χ4v) is 5.88. The van der Waals surface area contributed by atoms with Gasteiger partial charge in [-0.05, 0) is 42.9 Å². The number of amides is 1. The van der Waals surface area contributed by atoms with Gasteiger partial charge in [0, 0.05) is 23.4 Å². The van der Waals surface area contributed by atoms with Crippen molar-refractivity contribution in [2.75, 3.05) is 11.1 Å². The third kappa shape index (κ3) is 4.54. The van der Waals surface area contributed by atoms with Gasteiger partial charge in [0.2, 0.25) is 0 Å². The van der Waals surface area contributed by atoms with Crippen molar-refractivity contribution in [3.63, 3.8) is 0 Å². The van der Waals surface area contributed by atoms with E-state index >= 15 is 0 Å². The third-order valence-corrected chi connectivity index (χ3v) is 7.55. The zero-order chi connectivity index (χ0) is 22.2. The third-order valence-electron chi connectivity index (χ3n) is 5.30. The Morgan fingerprint density at radius 1 is 1.20 bits per heavy atom. The Morgan fingerprint density at radius 2 is 1.83 bits per heavy atom. The van der Waals surface area contributed by atoms with Gasteiger partial charge >= 0.3 is 0 Å². The molecular formula is C21H19ClF3NO3S. The number of halogens is 4. The number of hydrogen-bond donors (Lipinski definition) is 1. The largest absolute Gasteiger partial charge is 0.322 e. The number of rotatable bonds is 5. The number of allylic oxidation sites excluding steroid dienone is 1. The van der Waals surface area contributed by atoms with E-state index in [1.807, 2.05) is 6.92 Å². The van der Waals surface area contributed by atoms with Crippen LogP contribution in [0.5, 0.6) is 0 Å². The lowest BCUT2D eigenvalue weighted by atomic mass is 9.98. The highest BCUT2D eigenvalue weighted by atomic mass is 35.5. The molecule has 0 spiro atoms. The molecule has 0 aliphatic heterocycles. The number of nitrogens with one attached hydrogen (secondary N) is 1. The number of anilines is 1. The van der Waals surface area contributed by atoms with E-state index in [1.54, 1.807) is 0 Å². The molecule has 3 rings (SSSR count). The molecule has 0 radical (unpaired) electrons. The average Bonchev–Trinajstić information content (AvgIpc) is 2.97. The zero-order valence-corrected chi connectivity index (χ0v) is 17.6. The predicted octanol–water partition coefficient (Wildman–Crippen LogP) is 5.39. The molecule has 4 nitrogen and oxygen atoms in total. The summed E-state index contributed by atoms with van der Waals surface area (Å²) >= 11 is 6.09. The topological polar surface area (TPSA) is 63.2 Å². The van der Waals surface area contributed by atoms with Crippen molar-refractivity contribution in [3.8, 4) is 0 Å². The monoisotopic (exact) mass is 457 g/mol. The van der Waals surface area contributed by atoms with Crippen LogP contribution in [0.25, 0.3) is 0 Å². The number of carbonyl (C=O) groups excluding carboxylic acids is 1. The Bertz CT molecular complexity index is 1110. The van der Waals surface area contributed by atoms with Gasteiger partial charge in [-0.2, -0.15) is 0 Å². The lowest BCUT2D eigenvalue weighted by molar-refractivity contribution is 0.102. The summed E-state index contributed by atoms with van der Waals surface area (Å²) in [5, 5.41) is 2.17. The summed E-state index contributed by atoms with van der Waals surface area (Å²) in [5.41, 5.74) is 0.477. The fourth-order valence-electron chi connectivity index (χ4n) is 3.52. The van der Waals surface area contributed by atoms with Crippen molar-refractivity contribution < 1.29 is 26.4 Å². The molecule has 1 aliphatic carbocycles. The van der Waals surface area contributed by atoms with E-state index in [4.69, 9.17) is 11.6 Å². The number of sulfone groups is 1. The Kier molecular flexibility index (Phi) is 6.29. The van der Waals surface area contributed by atoms with Gasteiger partial charge in [-0.25, -0.2) is 21.6 Å².